The second-order valence-corrected chi connectivity index (χ2v) is 6.17. The number of alkyl halides is 3. The van der Waals surface area contributed by atoms with E-state index in [2.05, 4.69) is 20.4 Å². The third-order valence-electron chi connectivity index (χ3n) is 3.73. The van der Waals surface area contributed by atoms with Gasteiger partial charge in [-0.3, -0.25) is 9.48 Å². The molecule has 134 valence electrons. The molecule has 3 rings (SSSR count). The van der Waals surface area contributed by atoms with E-state index in [1.165, 1.54) is 12.3 Å². The monoisotopic (exact) mass is 374 g/mol. The van der Waals surface area contributed by atoms with Gasteiger partial charge >= 0.3 is 6.18 Å². The lowest BCUT2D eigenvalue weighted by Crippen LogP contribution is -2.30. The molecule has 0 aromatic carbocycles. The zero-order valence-electron chi connectivity index (χ0n) is 12.8. The van der Waals surface area contributed by atoms with Gasteiger partial charge in [0.15, 0.2) is 5.69 Å². The maximum atomic E-state index is 12.6. The van der Waals surface area contributed by atoms with Crippen LogP contribution in [-0.4, -0.2) is 32.2 Å². The van der Waals surface area contributed by atoms with E-state index in [0.717, 1.165) is 23.7 Å². The summed E-state index contributed by atoms with van der Waals surface area (Å²) in [4.78, 5) is 20.3. The van der Waals surface area contributed by atoms with Crippen molar-refractivity contribution < 1.29 is 18.0 Å². The highest BCUT2D eigenvalue weighted by Crippen LogP contribution is 2.40. The standard InChI is InChI=1S/C14H14ClF3N6O/c15-8-7-24(23-10(8)14(16,17)18)6-5-20-11(25)9-1-4-21-12(22-9)13(19)2-3-13/h1,4,7H,2-3,5-6,19H2,(H,20,25). The Labute approximate surface area is 145 Å². The van der Waals surface area contributed by atoms with Crippen LogP contribution in [0.1, 0.15) is 34.8 Å². The third kappa shape index (κ3) is 3.90. The van der Waals surface area contributed by atoms with Crippen LogP contribution in [-0.2, 0) is 18.3 Å². The number of carbonyl (C=O) groups is 1. The van der Waals surface area contributed by atoms with Crippen LogP contribution >= 0.6 is 11.6 Å². The van der Waals surface area contributed by atoms with Gasteiger partial charge in [0.05, 0.1) is 17.1 Å². The quantitative estimate of drug-likeness (QED) is 0.830. The third-order valence-corrected chi connectivity index (χ3v) is 4.01. The van der Waals surface area contributed by atoms with Crippen LogP contribution in [0.5, 0.6) is 0 Å². The minimum Gasteiger partial charge on any atom is -0.349 e. The van der Waals surface area contributed by atoms with E-state index in [-0.39, 0.29) is 18.8 Å². The van der Waals surface area contributed by atoms with Gasteiger partial charge in [-0.05, 0) is 18.9 Å². The number of amides is 1. The van der Waals surface area contributed by atoms with Crippen LogP contribution < -0.4 is 11.1 Å². The van der Waals surface area contributed by atoms with Crippen molar-refractivity contribution in [1.29, 1.82) is 0 Å². The van der Waals surface area contributed by atoms with E-state index in [1.807, 2.05) is 0 Å². The van der Waals surface area contributed by atoms with Gasteiger partial charge in [0.2, 0.25) is 0 Å². The molecule has 7 nitrogen and oxygen atoms in total. The summed E-state index contributed by atoms with van der Waals surface area (Å²) in [5.41, 5.74) is 4.43. The molecule has 0 aliphatic heterocycles. The summed E-state index contributed by atoms with van der Waals surface area (Å²) in [5.74, 6) is -0.0592. The van der Waals surface area contributed by atoms with Gasteiger partial charge < -0.3 is 11.1 Å². The summed E-state index contributed by atoms with van der Waals surface area (Å²) in [6.45, 7) is 0.0849. The molecular weight excluding hydrogens is 361 g/mol. The van der Waals surface area contributed by atoms with Crippen molar-refractivity contribution in [1.82, 2.24) is 25.1 Å². The molecular formula is C14H14ClF3N6O. The van der Waals surface area contributed by atoms with Crippen LogP contribution in [0.4, 0.5) is 13.2 Å². The van der Waals surface area contributed by atoms with Crippen molar-refractivity contribution in [2.24, 2.45) is 5.73 Å². The highest BCUT2D eigenvalue weighted by Gasteiger charge is 2.43. The lowest BCUT2D eigenvalue weighted by Gasteiger charge is -2.09. The summed E-state index contributed by atoms with van der Waals surface area (Å²) in [6.07, 6.45) is -0.582. The summed E-state index contributed by atoms with van der Waals surface area (Å²) >= 11 is 5.51. The summed E-state index contributed by atoms with van der Waals surface area (Å²) < 4.78 is 38.9. The molecule has 0 unspecified atom stereocenters. The van der Waals surface area contributed by atoms with E-state index < -0.39 is 28.3 Å². The number of hydrogen-bond acceptors (Lipinski definition) is 5. The van der Waals surface area contributed by atoms with Gasteiger partial charge in [-0.15, -0.1) is 0 Å². The first-order valence-corrected chi connectivity index (χ1v) is 7.78. The van der Waals surface area contributed by atoms with E-state index in [1.54, 1.807) is 0 Å². The minimum absolute atomic E-state index is 0.0281. The number of halogens is 4. The summed E-state index contributed by atoms with van der Waals surface area (Å²) in [5, 5.41) is 5.44. The van der Waals surface area contributed by atoms with Crippen LogP contribution in [0.3, 0.4) is 0 Å². The maximum absolute atomic E-state index is 12.6. The molecule has 1 aliphatic carbocycles. The molecule has 1 amide bonds. The van der Waals surface area contributed by atoms with Gasteiger partial charge in [0.1, 0.15) is 11.5 Å². The predicted molar refractivity (Wildman–Crippen MR) is 81.7 cm³/mol. The van der Waals surface area contributed by atoms with Crippen molar-refractivity contribution in [3.8, 4) is 0 Å². The van der Waals surface area contributed by atoms with Gasteiger partial charge in [-0.25, -0.2) is 9.97 Å². The number of nitrogens with zero attached hydrogens (tertiary/aromatic N) is 4. The second kappa shape index (κ2) is 6.26. The molecule has 0 spiro atoms. The topological polar surface area (TPSA) is 98.7 Å². The average molecular weight is 375 g/mol. The first-order valence-electron chi connectivity index (χ1n) is 7.40. The molecule has 0 saturated heterocycles. The van der Waals surface area contributed by atoms with Crippen LogP contribution in [0.25, 0.3) is 0 Å². The van der Waals surface area contributed by atoms with Crippen molar-refractivity contribution in [3.05, 3.63) is 40.7 Å². The summed E-state index contributed by atoms with van der Waals surface area (Å²) in [7, 11) is 0. The Morgan fingerprint density at radius 1 is 1.44 bits per heavy atom. The average Bonchev–Trinajstić information content (AvgIpc) is 3.18. The van der Waals surface area contributed by atoms with Crippen LogP contribution in [0.2, 0.25) is 5.02 Å². The number of hydrogen-bond donors (Lipinski definition) is 2. The van der Waals surface area contributed by atoms with Gasteiger partial charge in [-0.1, -0.05) is 11.6 Å². The summed E-state index contributed by atoms with van der Waals surface area (Å²) in [6, 6.07) is 1.44. The maximum Gasteiger partial charge on any atom is 0.436 e. The first kappa shape index (κ1) is 17.6. The van der Waals surface area contributed by atoms with Crippen molar-refractivity contribution in [3.63, 3.8) is 0 Å². The fourth-order valence-corrected chi connectivity index (χ4v) is 2.42. The molecule has 1 saturated carbocycles. The molecule has 3 N–H and O–H groups in total. The number of aromatic nitrogens is 4. The molecule has 0 bridgehead atoms. The molecule has 11 heteroatoms. The Hall–Kier alpha value is -2.20. The van der Waals surface area contributed by atoms with Crippen molar-refractivity contribution in [2.45, 2.75) is 31.1 Å². The Kier molecular flexibility index (Phi) is 4.41. The van der Waals surface area contributed by atoms with Crippen molar-refractivity contribution in [2.75, 3.05) is 6.54 Å². The van der Waals surface area contributed by atoms with E-state index in [4.69, 9.17) is 17.3 Å². The fraction of sp³-hybridized carbons (Fsp3) is 0.429. The molecule has 0 atom stereocenters. The Bertz CT molecular complexity index is 802. The lowest BCUT2D eigenvalue weighted by atomic mass is 10.2. The highest BCUT2D eigenvalue weighted by molar-refractivity contribution is 6.31. The second-order valence-electron chi connectivity index (χ2n) is 5.76. The fourth-order valence-electron chi connectivity index (χ4n) is 2.16. The predicted octanol–water partition coefficient (Wildman–Crippen LogP) is 1.72. The van der Waals surface area contributed by atoms with E-state index >= 15 is 0 Å². The van der Waals surface area contributed by atoms with E-state index in [0.29, 0.717) is 5.82 Å². The Morgan fingerprint density at radius 2 is 2.16 bits per heavy atom. The van der Waals surface area contributed by atoms with E-state index in [9.17, 15) is 18.0 Å². The number of nitrogens with two attached hydrogens (primary N) is 1. The smallest absolute Gasteiger partial charge is 0.349 e. The minimum atomic E-state index is -4.62. The normalized spacial score (nSPS) is 15.9. The lowest BCUT2D eigenvalue weighted by molar-refractivity contribution is -0.141. The molecule has 2 heterocycles. The molecule has 2 aromatic rings. The van der Waals surface area contributed by atoms with Crippen LogP contribution in [0, 0.1) is 0 Å². The largest absolute Gasteiger partial charge is 0.436 e. The Balaban J connectivity index is 1.58. The number of carbonyl (C=O) groups excluding carboxylic acids is 1. The zero-order chi connectivity index (χ0) is 18.2. The SMILES string of the molecule is NC1(c2nccc(C(=O)NCCn3cc(Cl)c(C(F)(F)F)n3)n2)CC1. The highest BCUT2D eigenvalue weighted by atomic mass is 35.5. The molecule has 1 fully saturated rings. The zero-order valence-corrected chi connectivity index (χ0v) is 13.6. The van der Waals surface area contributed by atoms with Crippen molar-refractivity contribution >= 4 is 17.5 Å². The molecule has 25 heavy (non-hydrogen) atoms. The van der Waals surface area contributed by atoms with Gasteiger partial charge in [0.25, 0.3) is 5.91 Å². The number of nitrogens with one attached hydrogen (secondary N) is 1. The van der Waals surface area contributed by atoms with Gasteiger partial charge in [-0.2, -0.15) is 18.3 Å². The molecule has 0 radical (unpaired) electrons. The number of rotatable bonds is 5. The molecule has 2 aromatic heterocycles. The molecule has 1 aliphatic rings. The van der Waals surface area contributed by atoms with Gasteiger partial charge in [0, 0.05) is 18.9 Å². The van der Waals surface area contributed by atoms with Crippen LogP contribution in [0.15, 0.2) is 18.5 Å². The Morgan fingerprint density at radius 3 is 2.76 bits per heavy atom. The first-order chi connectivity index (χ1) is 11.7.